The summed E-state index contributed by atoms with van der Waals surface area (Å²) in [5.74, 6) is 0.0333. The summed E-state index contributed by atoms with van der Waals surface area (Å²) in [5.41, 5.74) is 0.258. The number of amides is 1. The fraction of sp³-hybridized carbons (Fsp3) is 0.333. The second-order valence-corrected chi connectivity index (χ2v) is 6.19. The lowest BCUT2D eigenvalue weighted by Gasteiger charge is -2.21. The normalized spacial score (nSPS) is 18.5. The van der Waals surface area contributed by atoms with Crippen LogP contribution in [0.2, 0.25) is 0 Å². The summed E-state index contributed by atoms with van der Waals surface area (Å²) < 4.78 is 1.05. The number of anilines is 1. The van der Waals surface area contributed by atoms with Gasteiger partial charge in [0.05, 0.1) is 5.69 Å². The van der Waals surface area contributed by atoms with Crippen LogP contribution in [-0.4, -0.2) is 22.9 Å². The molecule has 1 aromatic carbocycles. The summed E-state index contributed by atoms with van der Waals surface area (Å²) in [4.78, 5) is 18.5. The van der Waals surface area contributed by atoms with E-state index in [-0.39, 0.29) is 5.91 Å². The molecule has 1 aliphatic heterocycles. The number of rotatable bonds is 1. The topological polar surface area (TPSA) is 32.7 Å². The molecule has 0 radical (unpaired) electrons. The highest BCUT2D eigenvalue weighted by molar-refractivity contribution is 14.1. The molecule has 0 atom stereocenters. The van der Waals surface area contributed by atoms with E-state index in [4.69, 9.17) is 0 Å². The van der Waals surface area contributed by atoms with Crippen LogP contribution in [-0.2, 0) is 4.79 Å². The third-order valence-corrected chi connectivity index (χ3v) is 4.12. The lowest BCUT2D eigenvalue weighted by molar-refractivity contribution is -0.120. The fourth-order valence-electron chi connectivity index (χ4n) is 1.68. The third-order valence-electron chi connectivity index (χ3n) is 2.57. The van der Waals surface area contributed by atoms with Crippen LogP contribution in [0.4, 0.5) is 5.69 Å². The van der Waals surface area contributed by atoms with Crippen LogP contribution in [0.25, 0.3) is 0 Å². The average Bonchev–Trinajstić information content (AvgIpc) is 2.51. The zero-order valence-corrected chi connectivity index (χ0v) is 12.9. The highest BCUT2D eigenvalue weighted by Crippen LogP contribution is 2.33. The largest absolute Gasteiger partial charge is 0.271 e. The molecule has 17 heavy (non-hydrogen) atoms. The maximum absolute atomic E-state index is 12.3. The first kappa shape index (κ1) is 12.9. The van der Waals surface area contributed by atoms with Gasteiger partial charge in [0.15, 0.2) is 5.17 Å². The summed E-state index contributed by atoms with van der Waals surface area (Å²) in [6.45, 7) is 3.70. The Bertz CT molecular complexity index is 499. The first-order valence-electron chi connectivity index (χ1n) is 5.20. The molecular formula is C12H13IN2OS. The molecule has 1 heterocycles. The van der Waals surface area contributed by atoms with Crippen molar-refractivity contribution in [3.8, 4) is 0 Å². The summed E-state index contributed by atoms with van der Waals surface area (Å²) >= 11 is 3.74. The van der Waals surface area contributed by atoms with Crippen LogP contribution in [0.1, 0.15) is 13.8 Å². The summed E-state index contributed by atoms with van der Waals surface area (Å²) in [6, 6.07) is 7.85. The van der Waals surface area contributed by atoms with Crippen molar-refractivity contribution in [2.75, 3.05) is 11.2 Å². The highest BCUT2D eigenvalue weighted by atomic mass is 127. The summed E-state index contributed by atoms with van der Waals surface area (Å²) in [7, 11) is 0. The summed E-state index contributed by atoms with van der Waals surface area (Å²) in [6.07, 6.45) is 1.94. The van der Waals surface area contributed by atoms with Gasteiger partial charge in [-0.25, -0.2) is 4.99 Å². The molecule has 2 rings (SSSR count). The van der Waals surface area contributed by atoms with Gasteiger partial charge < -0.3 is 0 Å². The van der Waals surface area contributed by atoms with Gasteiger partial charge in [0, 0.05) is 3.57 Å². The molecule has 5 heteroatoms. The lowest BCUT2D eigenvalue weighted by Crippen LogP contribution is -2.38. The average molecular weight is 360 g/mol. The molecule has 3 nitrogen and oxygen atoms in total. The van der Waals surface area contributed by atoms with Crippen molar-refractivity contribution in [2.24, 2.45) is 4.99 Å². The molecule has 0 N–H and O–H groups in total. The Morgan fingerprint density at radius 2 is 2.00 bits per heavy atom. The monoisotopic (exact) mass is 360 g/mol. The van der Waals surface area contributed by atoms with E-state index in [9.17, 15) is 4.79 Å². The summed E-state index contributed by atoms with van der Waals surface area (Å²) in [5, 5.41) is 0.768. The zero-order chi connectivity index (χ0) is 12.6. The Kier molecular flexibility index (Phi) is 3.49. The van der Waals surface area contributed by atoms with Gasteiger partial charge >= 0.3 is 0 Å². The molecule has 90 valence electrons. The van der Waals surface area contributed by atoms with Crippen molar-refractivity contribution in [2.45, 2.75) is 19.4 Å². The quantitative estimate of drug-likeness (QED) is 0.721. The number of halogens is 1. The Morgan fingerprint density at radius 3 is 2.59 bits per heavy atom. The fourth-order valence-corrected chi connectivity index (χ4v) is 2.99. The van der Waals surface area contributed by atoms with Crippen molar-refractivity contribution in [1.29, 1.82) is 0 Å². The van der Waals surface area contributed by atoms with Gasteiger partial charge in [0.25, 0.3) is 5.91 Å². The number of hydrogen-bond acceptors (Lipinski definition) is 3. The van der Waals surface area contributed by atoms with E-state index in [1.807, 2.05) is 44.4 Å². The van der Waals surface area contributed by atoms with Crippen molar-refractivity contribution in [3.05, 3.63) is 27.8 Å². The number of carbonyl (C=O) groups excluding carboxylic acids is 1. The van der Waals surface area contributed by atoms with Gasteiger partial charge in [-0.15, -0.1) is 0 Å². The van der Waals surface area contributed by atoms with Crippen LogP contribution >= 0.6 is 34.4 Å². The second-order valence-electron chi connectivity index (χ2n) is 4.25. The molecule has 0 spiro atoms. The maximum Gasteiger partial charge on any atom is 0.260 e. The van der Waals surface area contributed by atoms with Crippen LogP contribution in [0.5, 0.6) is 0 Å². The van der Waals surface area contributed by atoms with Gasteiger partial charge in [-0.05, 0) is 54.8 Å². The Labute approximate surface area is 119 Å². The smallest absolute Gasteiger partial charge is 0.260 e. The number of thioether (sulfide) groups is 1. The molecule has 0 bridgehead atoms. The van der Waals surface area contributed by atoms with Crippen LogP contribution in [0.15, 0.2) is 29.3 Å². The minimum absolute atomic E-state index is 0.0333. The van der Waals surface area contributed by atoms with E-state index in [2.05, 4.69) is 27.6 Å². The predicted molar refractivity (Wildman–Crippen MR) is 81.7 cm³/mol. The molecule has 0 fully saturated rings. The lowest BCUT2D eigenvalue weighted by atomic mass is 10.1. The first-order valence-corrected chi connectivity index (χ1v) is 7.50. The van der Waals surface area contributed by atoms with Crippen molar-refractivity contribution >= 4 is 51.1 Å². The maximum atomic E-state index is 12.3. The van der Waals surface area contributed by atoms with Gasteiger partial charge in [0.1, 0.15) is 5.54 Å². The van der Waals surface area contributed by atoms with E-state index in [1.165, 1.54) is 11.8 Å². The number of nitrogens with zero attached hydrogens (tertiary/aromatic N) is 2. The molecule has 0 unspecified atom stereocenters. The Morgan fingerprint density at radius 1 is 1.35 bits per heavy atom. The number of aliphatic imine (C=N–C) groups is 1. The Balaban J connectivity index is 2.50. The molecule has 0 saturated carbocycles. The Hall–Kier alpha value is -0.560. The van der Waals surface area contributed by atoms with Gasteiger partial charge in [-0.3, -0.25) is 9.69 Å². The van der Waals surface area contributed by atoms with Crippen LogP contribution in [0.3, 0.4) is 0 Å². The van der Waals surface area contributed by atoms with Crippen LogP contribution < -0.4 is 4.90 Å². The number of benzene rings is 1. The number of amidine groups is 1. The number of hydrogen-bond donors (Lipinski definition) is 0. The van der Waals surface area contributed by atoms with E-state index >= 15 is 0 Å². The van der Waals surface area contributed by atoms with E-state index in [0.717, 1.165) is 14.4 Å². The van der Waals surface area contributed by atoms with Gasteiger partial charge in [0.2, 0.25) is 0 Å². The molecule has 1 aliphatic rings. The predicted octanol–water partition coefficient (Wildman–Crippen LogP) is 3.14. The number of carbonyl (C=O) groups is 1. The van der Waals surface area contributed by atoms with Crippen LogP contribution in [0, 0.1) is 3.57 Å². The first-order chi connectivity index (χ1) is 7.97. The SMILES string of the molecule is CSC1=NC(C)(C)C(=O)N1c1ccccc1I. The molecule has 0 aliphatic carbocycles. The van der Waals surface area contributed by atoms with Gasteiger partial charge in [-0.1, -0.05) is 23.9 Å². The zero-order valence-electron chi connectivity index (χ0n) is 9.90. The van der Waals surface area contributed by atoms with E-state index in [0.29, 0.717) is 0 Å². The molecule has 1 amide bonds. The van der Waals surface area contributed by atoms with Gasteiger partial charge in [-0.2, -0.15) is 0 Å². The number of para-hydroxylation sites is 1. The standard InChI is InChI=1S/C12H13IN2OS/c1-12(2)10(16)15(11(14-12)17-3)9-7-5-4-6-8(9)13/h4-7H,1-3H3. The van der Waals surface area contributed by atoms with Crippen molar-refractivity contribution in [3.63, 3.8) is 0 Å². The second kappa shape index (κ2) is 4.61. The van der Waals surface area contributed by atoms with E-state index < -0.39 is 5.54 Å². The minimum atomic E-state index is -0.655. The molecular weight excluding hydrogens is 347 g/mol. The third kappa shape index (κ3) is 2.22. The van der Waals surface area contributed by atoms with E-state index in [1.54, 1.807) is 4.90 Å². The molecule has 0 saturated heterocycles. The molecule has 1 aromatic rings. The minimum Gasteiger partial charge on any atom is -0.271 e. The van der Waals surface area contributed by atoms with Crippen molar-refractivity contribution in [1.82, 2.24) is 0 Å². The molecule has 0 aromatic heterocycles. The highest BCUT2D eigenvalue weighted by Gasteiger charge is 2.41. The van der Waals surface area contributed by atoms with Crippen molar-refractivity contribution < 1.29 is 4.79 Å².